The molecule has 0 bridgehead atoms. The van der Waals surface area contributed by atoms with Crippen LogP contribution in [0.15, 0.2) is 23.1 Å². The Morgan fingerprint density at radius 2 is 2.19 bits per heavy atom. The number of carbonyl (C=O) groups is 1. The molecule has 1 aliphatic carbocycles. The van der Waals surface area contributed by atoms with Gasteiger partial charge in [-0.2, -0.15) is 0 Å². The molecular formula is C14H12F2N2OS2. The van der Waals surface area contributed by atoms with Crippen molar-refractivity contribution in [2.45, 2.75) is 24.2 Å². The van der Waals surface area contributed by atoms with Crippen molar-refractivity contribution < 1.29 is 13.6 Å². The first-order valence-corrected chi connectivity index (χ1v) is 8.28. The minimum Gasteiger partial charge on any atom is -0.301 e. The van der Waals surface area contributed by atoms with E-state index in [4.69, 9.17) is 0 Å². The summed E-state index contributed by atoms with van der Waals surface area (Å²) in [5.41, 5.74) is 1.09. The van der Waals surface area contributed by atoms with Crippen LogP contribution in [-0.4, -0.2) is 16.6 Å². The molecule has 0 unspecified atom stereocenters. The molecule has 0 spiro atoms. The lowest BCUT2D eigenvalue weighted by Gasteiger charge is -2.03. The number of amides is 1. The molecule has 1 aromatic heterocycles. The number of nitrogens with zero attached hydrogens (tertiary/aromatic N) is 1. The predicted octanol–water partition coefficient (Wildman–Crippen LogP) is 3.64. The van der Waals surface area contributed by atoms with Gasteiger partial charge in [0.05, 0.1) is 11.4 Å². The van der Waals surface area contributed by atoms with Gasteiger partial charge in [0.1, 0.15) is 0 Å². The lowest BCUT2D eigenvalue weighted by Crippen LogP contribution is -2.13. The molecule has 3 nitrogen and oxygen atoms in total. The fraction of sp³-hybridized carbons (Fsp3) is 0.286. The number of nitrogens with one attached hydrogen (secondary N) is 1. The summed E-state index contributed by atoms with van der Waals surface area (Å²) in [6.45, 7) is 0. The van der Waals surface area contributed by atoms with E-state index in [0.717, 1.165) is 48.9 Å². The Balaban J connectivity index is 1.55. The second kappa shape index (κ2) is 6.11. The maximum Gasteiger partial charge on any atom is 0.236 e. The van der Waals surface area contributed by atoms with E-state index in [1.54, 1.807) is 0 Å². The number of thioether (sulfide) groups is 1. The summed E-state index contributed by atoms with van der Waals surface area (Å²) < 4.78 is 25.8. The van der Waals surface area contributed by atoms with Crippen LogP contribution >= 0.6 is 23.1 Å². The fourth-order valence-corrected chi connectivity index (χ4v) is 3.90. The van der Waals surface area contributed by atoms with Crippen molar-refractivity contribution in [3.8, 4) is 0 Å². The zero-order valence-electron chi connectivity index (χ0n) is 11.0. The van der Waals surface area contributed by atoms with Gasteiger partial charge in [0.15, 0.2) is 16.8 Å². The first-order chi connectivity index (χ1) is 10.1. The molecule has 3 rings (SSSR count). The Kier molecular flexibility index (Phi) is 4.21. The molecule has 0 saturated carbocycles. The van der Waals surface area contributed by atoms with Crippen molar-refractivity contribution in [1.29, 1.82) is 0 Å². The number of hydrogen-bond acceptors (Lipinski definition) is 4. The van der Waals surface area contributed by atoms with Gasteiger partial charge in [0.25, 0.3) is 0 Å². The van der Waals surface area contributed by atoms with E-state index in [9.17, 15) is 13.6 Å². The van der Waals surface area contributed by atoms with Gasteiger partial charge in [-0.05, 0) is 37.5 Å². The maximum absolute atomic E-state index is 13.0. The quantitative estimate of drug-likeness (QED) is 0.872. The lowest BCUT2D eigenvalue weighted by molar-refractivity contribution is -0.113. The third kappa shape index (κ3) is 3.41. The van der Waals surface area contributed by atoms with Crippen molar-refractivity contribution in [2.75, 3.05) is 11.1 Å². The van der Waals surface area contributed by atoms with Crippen LogP contribution in [0.3, 0.4) is 0 Å². The van der Waals surface area contributed by atoms with E-state index in [1.165, 1.54) is 22.3 Å². The molecule has 0 aliphatic heterocycles. The topological polar surface area (TPSA) is 42.0 Å². The summed E-state index contributed by atoms with van der Waals surface area (Å²) in [5.74, 6) is -1.86. The van der Waals surface area contributed by atoms with Crippen LogP contribution in [0, 0.1) is 11.6 Å². The van der Waals surface area contributed by atoms with E-state index in [2.05, 4.69) is 10.3 Å². The average molecular weight is 326 g/mol. The fourth-order valence-electron chi connectivity index (χ4n) is 2.11. The van der Waals surface area contributed by atoms with Gasteiger partial charge in [-0.3, -0.25) is 4.79 Å². The van der Waals surface area contributed by atoms with Gasteiger partial charge in [0, 0.05) is 9.77 Å². The zero-order valence-corrected chi connectivity index (χ0v) is 12.6. The van der Waals surface area contributed by atoms with Crippen LogP contribution in [0.1, 0.15) is 17.0 Å². The second-order valence-corrected chi connectivity index (χ2v) is 6.79. The van der Waals surface area contributed by atoms with E-state index in [-0.39, 0.29) is 11.7 Å². The molecule has 1 N–H and O–H groups in total. The molecule has 1 amide bonds. The van der Waals surface area contributed by atoms with Crippen molar-refractivity contribution in [3.05, 3.63) is 40.4 Å². The molecule has 7 heteroatoms. The molecule has 0 fully saturated rings. The van der Waals surface area contributed by atoms with E-state index in [0.29, 0.717) is 10.0 Å². The van der Waals surface area contributed by atoms with E-state index in [1.807, 2.05) is 0 Å². The predicted molar refractivity (Wildman–Crippen MR) is 79.9 cm³/mol. The summed E-state index contributed by atoms with van der Waals surface area (Å²) in [6, 6.07) is 3.60. The molecular weight excluding hydrogens is 314 g/mol. The van der Waals surface area contributed by atoms with Crippen molar-refractivity contribution >= 4 is 34.1 Å². The second-order valence-electron chi connectivity index (χ2n) is 4.66. The normalized spacial score (nSPS) is 13.2. The number of aryl methyl sites for hydroxylation is 2. The van der Waals surface area contributed by atoms with Crippen LogP contribution < -0.4 is 5.32 Å². The number of carbonyl (C=O) groups excluding carboxylic acids is 1. The third-order valence-electron chi connectivity index (χ3n) is 3.10. The largest absolute Gasteiger partial charge is 0.301 e. The standard InChI is InChI=1S/C14H12F2N2OS2/c15-9-5-4-8(6-10(9)16)20-7-13(19)18-14-17-11-2-1-3-12(11)21-14/h4-6H,1-3,7H2,(H,17,18,19). The molecule has 110 valence electrons. The van der Waals surface area contributed by atoms with Crippen LogP contribution in [-0.2, 0) is 17.6 Å². The summed E-state index contributed by atoms with van der Waals surface area (Å²) in [7, 11) is 0. The lowest BCUT2D eigenvalue weighted by atomic mass is 10.3. The Bertz CT molecular complexity index is 666. The van der Waals surface area contributed by atoms with Crippen molar-refractivity contribution in [3.63, 3.8) is 0 Å². The Labute approximate surface area is 128 Å². The number of anilines is 1. The third-order valence-corrected chi connectivity index (χ3v) is 5.17. The maximum atomic E-state index is 13.0. The molecule has 0 atom stereocenters. The smallest absolute Gasteiger partial charge is 0.236 e. The SMILES string of the molecule is O=C(CSc1ccc(F)c(F)c1)Nc1nc2c(s1)CCC2. The minimum absolute atomic E-state index is 0.134. The van der Waals surface area contributed by atoms with Gasteiger partial charge >= 0.3 is 0 Å². The number of benzene rings is 1. The molecule has 0 saturated heterocycles. The van der Waals surface area contributed by atoms with Crippen molar-refractivity contribution in [2.24, 2.45) is 0 Å². The van der Waals surface area contributed by atoms with Gasteiger partial charge in [-0.15, -0.1) is 23.1 Å². The number of fused-ring (bicyclic) bond motifs is 1. The first-order valence-electron chi connectivity index (χ1n) is 6.48. The highest BCUT2D eigenvalue weighted by Crippen LogP contribution is 2.30. The zero-order chi connectivity index (χ0) is 14.8. The van der Waals surface area contributed by atoms with Gasteiger partial charge in [-0.1, -0.05) is 0 Å². The Morgan fingerprint density at radius 3 is 2.95 bits per heavy atom. The number of aromatic nitrogens is 1. The summed E-state index contributed by atoms with van der Waals surface area (Å²) in [5, 5.41) is 3.37. The van der Waals surface area contributed by atoms with Crippen LogP contribution in [0.5, 0.6) is 0 Å². The molecule has 2 aromatic rings. The molecule has 0 radical (unpaired) electrons. The number of halogens is 2. The van der Waals surface area contributed by atoms with Crippen LogP contribution in [0.25, 0.3) is 0 Å². The highest BCUT2D eigenvalue weighted by atomic mass is 32.2. The summed E-state index contributed by atoms with van der Waals surface area (Å²) in [6.07, 6.45) is 3.15. The van der Waals surface area contributed by atoms with Gasteiger partial charge in [0.2, 0.25) is 5.91 Å². The van der Waals surface area contributed by atoms with E-state index < -0.39 is 11.6 Å². The number of thiazole rings is 1. The van der Waals surface area contributed by atoms with Crippen molar-refractivity contribution in [1.82, 2.24) is 4.98 Å². The number of rotatable bonds is 4. The molecule has 21 heavy (non-hydrogen) atoms. The van der Waals surface area contributed by atoms with Crippen LogP contribution in [0.2, 0.25) is 0 Å². The molecule has 1 heterocycles. The van der Waals surface area contributed by atoms with Crippen LogP contribution in [0.4, 0.5) is 13.9 Å². The Morgan fingerprint density at radius 1 is 1.33 bits per heavy atom. The number of hydrogen-bond donors (Lipinski definition) is 1. The Hall–Kier alpha value is -1.47. The van der Waals surface area contributed by atoms with Gasteiger partial charge < -0.3 is 5.32 Å². The monoisotopic (exact) mass is 326 g/mol. The van der Waals surface area contributed by atoms with Gasteiger partial charge in [-0.25, -0.2) is 13.8 Å². The summed E-state index contributed by atoms with van der Waals surface area (Å²) in [4.78, 5) is 18.0. The highest BCUT2D eigenvalue weighted by molar-refractivity contribution is 8.00. The minimum atomic E-state index is -0.906. The molecule has 1 aromatic carbocycles. The highest BCUT2D eigenvalue weighted by Gasteiger charge is 2.17. The summed E-state index contributed by atoms with van der Waals surface area (Å²) >= 11 is 2.67. The first kappa shape index (κ1) is 14.5. The molecule has 1 aliphatic rings. The average Bonchev–Trinajstić information content (AvgIpc) is 3.01. The van der Waals surface area contributed by atoms with E-state index >= 15 is 0 Å².